The molecule has 1 saturated heterocycles. The summed E-state index contributed by atoms with van der Waals surface area (Å²) in [4.78, 5) is 18.8. The van der Waals surface area contributed by atoms with Crippen molar-refractivity contribution in [1.29, 1.82) is 0 Å². The lowest BCUT2D eigenvalue weighted by molar-refractivity contribution is -0.117. The fraction of sp³-hybridized carbons (Fsp3) is 0.444. The molecule has 1 fully saturated rings. The molecule has 1 aliphatic heterocycles. The first-order chi connectivity index (χ1) is 12.7. The van der Waals surface area contributed by atoms with Crippen LogP contribution in [0.1, 0.15) is 17.8 Å². The lowest BCUT2D eigenvalue weighted by Gasteiger charge is -2.31. The van der Waals surface area contributed by atoms with E-state index in [2.05, 4.69) is 42.1 Å². The van der Waals surface area contributed by atoms with Crippen molar-refractivity contribution in [2.45, 2.75) is 26.3 Å². The Labute approximate surface area is 156 Å². The van der Waals surface area contributed by atoms with Crippen molar-refractivity contribution in [2.24, 2.45) is 5.92 Å². The molecule has 1 amide bonds. The number of rotatable bonds is 5. The normalized spacial score (nSPS) is 16.2. The number of hydrogen-bond donors (Lipinski definition) is 1. The summed E-state index contributed by atoms with van der Waals surface area (Å²) in [6, 6.07) is 8.25. The van der Waals surface area contributed by atoms with Gasteiger partial charge in [0.05, 0.1) is 23.9 Å². The summed E-state index contributed by atoms with van der Waals surface area (Å²) in [6.07, 6.45) is 4.13. The minimum atomic E-state index is -0.0137. The molecule has 1 aliphatic rings. The van der Waals surface area contributed by atoms with Crippen LogP contribution in [0.15, 0.2) is 30.6 Å². The number of amides is 1. The number of aryl methyl sites for hydroxylation is 1. The summed E-state index contributed by atoms with van der Waals surface area (Å²) in [5, 5.41) is 12.1. The first-order valence-electron chi connectivity index (χ1n) is 8.89. The molecule has 0 saturated carbocycles. The fourth-order valence-corrected chi connectivity index (χ4v) is 4.08. The number of hydrogen-bond acceptors (Lipinski definition) is 6. The summed E-state index contributed by atoms with van der Waals surface area (Å²) in [5.41, 5.74) is 2.25. The lowest BCUT2D eigenvalue weighted by atomic mass is 9.96. The predicted octanol–water partition coefficient (Wildman–Crippen LogP) is 2.55. The van der Waals surface area contributed by atoms with Gasteiger partial charge in [-0.15, -0.1) is 10.2 Å². The van der Waals surface area contributed by atoms with Crippen molar-refractivity contribution < 1.29 is 4.79 Å². The highest BCUT2D eigenvalue weighted by Crippen LogP contribution is 2.22. The van der Waals surface area contributed by atoms with Gasteiger partial charge in [0.15, 0.2) is 0 Å². The third-order valence-corrected chi connectivity index (χ3v) is 5.58. The smallest absolute Gasteiger partial charge is 0.240 e. The van der Waals surface area contributed by atoms with Gasteiger partial charge in [-0.3, -0.25) is 15.0 Å². The summed E-state index contributed by atoms with van der Waals surface area (Å²) in [6.45, 7) is 5.17. The standard InChI is InChI=1S/C18H22N6OS/c1-13-21-22-18(26-13)20-17(25)11-23-8-6-14(7-9-23)10-24-12-19-15-4-2-3-5-16(15)24/h2-5,12,14H,6-11H2,1H3,(H,20,22,25). The zero-order valence-electron chi connectivity index (χ0n) is 14.8. The third kappa shape index (κ3) is 3.91. The highest BCUT2D eigenvalue weighted by molar-refractivity contribution is 7.15. The Kier molecular flexibility index (Phi) is 4.94. The SMILES string of the molecule is Cc1nnc(NC(=O)CN2CCC(Cn3cnc4ccccc43)CC2)s1. The van der Waals surface area contributed by atoms with Crippen molar-refractivity contribution >= 4 is 33.4 Å². The Balaban J connectivity index is 1.27. The number of likely N-dealkylation sites (tertiary alicyclic amines) is 1. The summed E-state index contributed by atoms with van der Waals surface area (Å²) in [5.74, 6) is 0.609. The van der Waals surface area contributed by atoms with E-state index in [1.807, 2.05) is 25.4 Å². The summed E-state index contributed by atoms with van der Waals surface area (Å²) < 4.78 is 2.25. The Bertz CT molecular complexity index is 896. The molecule has 136 valence electrons. The lowest BCUT2D eigenvalue weighted by Crippen LogP contribution is -2.39. The van der Waals surface area contributed by atoms with E-state index < -0.39 is 0 Å². The second-order valence-corrected chi connectivity index (χ2v) is 7.96. The number of imidazole rings is 1. The first kappa shape index (κ1) is 17.1. The van der Waals surface area contributed by atoms with Crippen molar-refractivity contribution in [3.8, 4) is 0 Å². The second-order valence-electron chi connectivity index (χ2n) is 6.78. The number of piperidine rings is 1. The minimum Gasteiger partial charge on any atom is -0.330 e. The molecule has 0 aliphatic carbocycles. The van der Waals surface area contributed by atoms with Crippen LogP contribution >= 0.6 is 11.3 Å². The van der Waals surface area contributed by atoms with Crippen molar-refractivity contribution in [3.63, 3.8) is 0 Å². The van der Waals surface area contributed by atoms with Gasteiger partial charge in [0, 0.05) is 6.54 Å². The van der Waals surface area contributed by atoms with E-state index in [1.54, 1.807) is 0 Å². The van der Waals surface area contributed by atoms with Gasteiger partial charge >= 0.3 is 0 Å². The molecule has 0 spiro atoms. The molecule has 26 heavy (non-hydrogen) atoms. The Hall–Kier alpha value is -2.32. The van der Waals surface area contributed by atoms with Crippen LogP contribution in [0.2, 0.25) is 0 Å². The van der Waals surface area contributed by atoms with Crippen molar-refractivity contribution in [1.82, 2.24) is 24.6 Å². The number of nitrogens with one attached hydrogen (secondary N) is 1. The first-order valence-corrected chi connectivity index (χ1v) is 9.71. The molecule has 4 rings (SSSR count). The molecule has 0 unspecified atom stereocenters. The predicted molar refractivity (Wildman–Crippen MR) is 102 cm³/mol. The van der Waals surface area contributed by atoms with Crippen LogP contribution in [0, 0.1) is 12.8 Å². The topological polar surface area (TPSA) is 75.9 Å². The van der Waals surface area contributed by atoms with Crippen LogP contribution in [0.25, 0.3) is 11.0 Å². The molecule has 0 bridgehead atoms. The quantitative estimate of drug-likeness (QED) is 0.747. The maximum atomic E-state index is 12.1. The van der Waals surface area contributed by atoms with Gasteiger partial charge in [-0.2, -0.15) is 0 Å². The summed E-state index contributed by atoms with van der Waals surface area (Å²) in [7, 11) is 0. The summed E-state index contributed by atoms with van der Waals surface area (Å²) >= 11 is 1.40. The van der Waals surface area contributed by atoms with Gasteiger partial charge in [-0.1, -0.05) is 23.5 Å². The number of para-hydroxylation sites is 2. The zero-order valence-corrected chi connectivity index (χ0v) is 15.6. The van der Waals surface area contributed by atoms with E-state index in [-0.39, 0.29) is 5.91 Å². The fourth-order valence-electron chi connectivity index (χ4n) is 3.47. The van der Waals surface area contributed by atoms with Crippen LogP contribution in [-0.2, 0) is 11.3 Å². The van der Waals surface area contributed by atoms with Crippen LogP contribution in [0.4, 0.5) is 5.13 Å². The average molecular weight is 370 g/mol. The molecular weight excluding hydrogens is 348 g/mol. The van der Waals surface area contributed by atoms with Crippen LogP contribution in [0.5, 0.6) is 0 Å². The van der Waals surface area contributed by atoms with E-state index in [4.69, 9.17) is 0 Å². The van der Waals surface area contributed by atoms with E-state index in [1.165, 1.54) is 16.9 Å². The number of carbonyl (C=O) groups excluding carboxylic acids is 1. The third-order valence-electron chi connectivity index (χ3n) is 4.83. The minimum absolute atomic E-state index is 0.0137. The number of fused-ring (bicyclic) bond motifs is 1. The van der Waals surface area contributed by atoms with E-state index in [9.17, 15) is 4.79 Å². The molecular formula is C18H22N6OS. The highest BCUT2D eigenvalue weighted by atomic mass is 32.1. The van der Waals surface area contributed by atoms with Gasteiger partial charge in [0.1, 0.15) is 5.01 Å². The molecule has 2 aromatic heterocycles. The number of aromatic nitrogens is 4. The van der Waals surface area contributed by atoms with Gasteiger partial charge < -0.3 is 4.57 Å². The largest absolute Gasteiger partial charge is 0.330 e. The van der Waals surface area contributed by atoms with E-state index in [0.717, 1.165) is 43.0 Å². The maximum absolute atomic E-state index is 12.1. The van der Waals surface area contributed by atoms with E-state index in [0.29, 0.717) is 17.6 Å². The number of nitrogens with zero attached hydrogens (tertiary/aromatic N) is 5. The van der Waals surface area contributed by atoms with Gasteiger partial charge in [0.25, 0.3) is 0 Å². The van der Waals surface area contributed by atoms with Gasteiger partial charge in [-0.25, -0.2) is 4.98 Å². The molecule has 8 heteroatoms. The molecule has 0 atom stereocenters. The highest BCUT2D eigenvalue weighted by Gasteiger charge is 2.22. The Morgan fingerprint density at radius 1 is 1.27 bits per heavy atom. The molecule has 7 nitrogen and oxygen atoms in total. The van der Waals surface area contributed by atoms with Crippen molar-refractivity contribution in [2.75, 3.05) is 25.0 Å². The second kappa shape index (κ2) is 7.51. The van der Waals surface area contributed by atoms with Gasteiger partial charge in [0.2, 0.25) is 11.0 Å². The maximum Gasteiger partial charge on any atom is 0.240 e. The Morgan fingerprint density at radius 3 is 2.85 bits per heavy atom. The molecule has 1 N–H and O–H groups in total. The van der Waals surface area contributed by atoms with Crippen molar-refractivity contribution in [3.05, 3.63) is 35.6 Å². The number of anilines is 1. The van der Waals surface area contributed by atoms with Crippen LogP contribution in [-0.4, -0.2) is 50.2 Å². The molecule has 3 aromatic rings. The zero-order chi connectivity index (χ0) is 17.9. The van der Waals surface area contributed by atoms with Crippen LogP contribution < -0.4 is 5.32 Å². The average Bonchev–Trinajstić information content (AvgIpc) is 3.23. The monoisotopic (exact) mass is 370 g/mol. The number of carbonyl (C=O) groups is 1. The molecule has 1 aromatic carbocycles. The van der Waals surface area contributed by atoms with E-state index >= 15 is 0 Å². The molecule has 3 heterocycles. The van der Waals surface area contributed by atoms with Crippen LogP contribution in [0.3, 0.4) is 0 Å². The number of benzene rings is 1. The Morgan fingerprint density at radius 2 is 2.08 bits per heavy atom. The van der Waals surface area contributed by atoms with Gasteiger partial charge in [-0.05, 0) is 50.9 Å². The molecule has 0 radical (unpaired) electrons.